The number of ether oxygens (including phenoxy) is 1. The lowest BCUT2D eigenvalue weighted by atomic mass is 9.87. The SMILES string of the molecule is CC(C)(C)OC(=O)NCCC(C)(C)C(=O)NC(CO)Cc1cnc[nH]1. The van der Waals surface area contributed by atoms with Crippen LogP contribution in [-0.2, 0) is 16.0 Å². The third-order valence-corrected chi connectivity index (χ3v) is 3.61. The Bertz CT molecular complexity index is 549. The molecule has 4 N–H and O–H groups in total. The summed E-state index contributed by atoms with van der Waals surface area (Å²) in [7, 11) is 0. The third kappa shape index (κ3) is 8.02. The van der Waals surface area contributed by atoms with Crippen LogP contribution in [0.15, 0.2) is 12.5 Å². The minimum atomic E-state index is -0.698. The van der Waals surface area contributed by atoms with Gasteiger partial charge in [-0.3, -0.25) is 4.79 Å². The standard InChI is InChI=1S/C17H30N4O4/c1-16(2,3)25-15(24)19-7-6-17(4,5)14(23)21-13(10-22)8-12-9-18-11-20-12/h9,11,13,22H,6-8,10H2,1-5H3,(H,18,20)(H,19,24)(H,21,23). The number of alkyl carbamates (subject to hydrolysis) is 1. The van der Waals surface area contributed by atoms with Gasteiger partial charge in [0.05, 0.1) is 19.0 Å². The first kappa shape index (κ1) is 21.0. The molecular formula is C17H30N4O4. The Balaban J connectivity index is 2.45. The number of rotatable bonds is 8. The number of aliphatic hydroxyl groups excluding tert-OH is 1. The number of carbonyl (C=O) groups excluding carboxylic acids is 2. The zero-order chi connectivity index (χ0) is 19.1. The average Bonchev–Trinajstić information content (AvgIpc) is 2.97. The Morgan fingerprint density at radius 2 is 2.00 bits per heavy atom. The van der Waals surface area contributed by atoms with Crippen molar-refractivity contribution >= 4 is 12.0 Å². The average molecular weight is 354 g/mol. The highest BCUT2D eigenvalue weighted by molar-refractivity contribution is 5.82. The third-order valence-electron chi connectivity index (χ3n) is 3.61. The Morgan fingerprint density at radius 3 is 2.52 bits per heavy atom. The van der Waals surface area contributed by atoms with Crippen LogP contribution in [0, 0.1) is 5.41 Å². The molecule has 8 nitrogen and oxygen atoms in total. The quantitative estimate of drug-likeness (QED) is 0.563. The van der Waals surface area contributed by atoms with Crippen molar-refractivity contribution in [2.45, 2.75) is 59.1 Å². The maximum atomic E-state index is 12.5. The summed E-state index contributed by atoms with van der Waals surface area (Å²) >= 11 is 0. The number of hydrogen-bond acceptors (Lipinski definition) is 5. The van der Waals surface area contributed by atoms with Crippen molar-refractivity contribution in [3.8, 4) is 0 Å². The van der Waals surface area contributed by atoms with E-state index in [0.717, 1.165) is 5.69 Å². The van der Waals surface area contributed by atoms with Crippen molar-refractivity contribution in [3.63, 3.8) is 0 Å². The van der Waals surface area contributed by atoms with Crippen LogP contribution in [-0.4, -0.2) is 51.9 Å². The van der Waals surface area contributed by atoms with E-state index in [0.29, 0.717) is 19.4 Å². The molecule has 0 aliphatic carbocycles. The maximum absolute atomic E-state index is 12.5. The number of imidazole rings is 1. The zero-order valence-corrected chi connectivity index (χ0v) is 15.7. The molecule has 0 saturated carbocycles. The van der Waals surface area contributed by atoms with Gasteiger partial charge in [0.25, 0.3) is 0 Å². The fourth-order valence-corrected chi connectivity index (χ4v) is 2.11. The molecule has 0 aliphatic rings. The molecule has 1 heterocycles. The van der Waals surface area contributed by atoms with Crippen LogP contribution in [0.5, 0.6) is 0 Å². The lowest BCUT2D eigenvalue weighted by Gasteiger charge is -2.27. The molecule has 1 unspecified atom stereocenters. The number of amides is 2. The molecule has 0 saturated heterocycles. The molecule has 1 atom stereocenters. The Hall–Kier alpha value is -2.09. The predicted molar refractivity (Wildman–Crippen MR) is 93.9 cm³/mol. The highest BCUT2D eigenvalue weighted by Crippen LogP contribution is 2.20. The maximum Gasteiger partial charge on any atom is 0.407 e. The van der Waals surface area contributed by atoms with E-state index in [1.807, 2.05) is 0 Å². The van der Waals surface area contributed by atoms with Crippen molar-refractivity contribution in [3.05, 3.63) is 18.2 Å². The van der Waals surface area contributed by atoms with Crippen LogP contribution in [0.25, 0.3) is 0 Å². The second-order valence-electron chi connectivity index (χ2n) is 7.70. The number of nitrogens with one attached hydrogen (secondary N) is 3. The molecule has 25 heavy (non-hydrogen) atoms. The lowest BCUT2D eigenvalue weighted by Crippen LogP contribution is -2.46. The van der Waals surface area contributed by atoms with Gasteiger partial charge in [-0.2, -0.15) is 0 Å². The van der Waals surface area contributed by atoms with Crippen LogP contribution in [0.3, 0.4) is 0 Å². The molecule has 1 aromatic rings. The van der Waals surface area contributed by atoms with Gasteiger partial charge in [0.2, 0.25) is 5.91 Å². The smallest absolute Gasteiger partial charge is 0.407 e. The summed E-state index contributed by atoms with van der Waals surface area (Å²) in [6, 6.07) is -0.397. The van der Waals surface area contributed by atoms with Crippen molar-refractivity contribution in [2.75, 3.05) is 13.2 Å². The number of aliphatic hydroxyl groups is 1. The first-order valence-electron chi connectivity index (χ1n) is 8.39. The Morgan fingerprint density at radius 1 is 1.32 bits per heavy atom. The van der Waals surface area contributed by atoms with Gasteiger partial charge in [-0.15, -0.1) is 0 Å². The van der Waals surface area contributed by atoms with Gasteiger partial charge in [-0.25, -0.2) is 9.78 Å². The molecule has 0 aromatic carbocycles. The van der Waals surface area contributed by atoms with E-state index in [1.165, 1.54) is 0 Å². The van der Waals surface area contributed by atoms with Gasteiger partial charge in [0.1, 0.15) is 5.60 Å². The molecule has 0 fully saturated rings. The molecule has 1 aromatic heterocycles. The second kappa shape index (κ2) is 8.84. The summed E-state index contributed by atoms with van der Waals surface area (Å²) < 4.78 is 5.16. The van der Waals surface area contributed by atoms with Gasteiger partial charge in [-0.05, 0) is 27.2 Å². The van der Waals surface area contributed by atoms with Gasteiger partial charge < -0.3 is 25.5 Å². The molecule has 0 aliphatic heterocycles. The Kier molecular flexibility index (Phi) is 7.41. The summed E-state index contributed by atoms with van der Waals surface area (Å²) in [6.07, 6.45) is 3.62. The largest absolute Gasteiger partial charge is 0.444 e. The van der Waals surface area contributed by atoms with Crippen molar-refractivity contribution < 1.29 is 19.4 Å². The van der Waals surface area contributed by atoms with E-state index in [-0.39, 0.29) is 12.5 Å². The van der Waals surface area contributed by atoms with Crippen LogP contribution in [0.4, 0.5) is 4.79 Å². The number of H-pyrrole nitrogens is 1. The van der Waals surface area contributed by atoms with Crippen molar-refractivity contribution in [1.29, 1.82) is 0 Å². The van der Waals surface area contributed by atoms with E-state index in [2.05, 4.69) is 20.6 Å². The van der Waals surface area contributed by atoms with Gasteiger partial charge in [0, 0.05) is 30.3 Å². The number of aromatic amines is 1. The topological polar surface area (TPSA) is 116 Å². The van der Waals surface area contributed by atoms with E-state index in [9.17, 15) is 14.7 Å². The molecule has 0 bridgehead atoms. The first-order valence-corrected chi connectivity index (χ1v) is 8.39. The van der Waals surface area contributed by atoms with Crippen LogP contribution in [0.2, 0.25) is 0 Å². The summed E-state index contributed by atoms with van der Waals surface area (Å²) in [5.41, 5.74) is -0.419. The summed E-state index contributed by atoms with van der Waals surface area (Å²) in [4.78, 5) is 31.0. The molecule has 8 heteroatoms. The molecule has 0 spiro atoms. The summed E-state index contributed by atoms with van der Waals surface area (Å²) in [6.45, 7) is 9.11. The first-order chi connectivity index (χ1) is 11.5. The molecule has 1 rings (SSSR count). The van der Waals surface area contributed by atoms with E-state index in [1.54, 1.807) is 47.1 Å². The van der Waals surface area contributed by atoms with Crippen molar-refractivity contribution in [1.82, 2.24) is 20.6 Å². The van der Waals surface area contributed by atoms with Crippen LogP contribution < -0.4 is 10.6 Å². The van der Waals surface area contributed by atoms with Crippen LogP contribution in [0.1, 0.15) is 46.7 Å². The fourth-order valence-electron chi connectivity index (χ4n) is 2.11. The van der Waals surface area contributed by atoms with Gasteiger partial charge in [-0.1, -0.05) is 13.8 Å². The summed E-state index contributed by atoms with van der Waals surface area (Å²) in [5, 5.41) is 15.0. The number of carbonyl (C=O) groups is 2. The lowest BCUT2D eigenvalue weighted by molar-refractivity contribution is -0.130. The second-order valence-corrected chi connectivity index (χ2v) is 7.70. The minimum absolute atomic E-state index is 0.170. The highest BCUT2D eigenvalue weighted by atomic mass is 16.6. The number of aromatic nitrogens is 2. The molecule has 2 amide bonds. The monoisotopic (exact) mass is 354 g/mol. The molecular weight excluding hydrogens is 324 g/mol. The molecule has 142 valence electrons. The predicted octanol–water partition coefficient (Wildman–Crippen LogP) is 1.37. The Labute approximate surface area is 148 Å². The van der Waals surface area contributed by atoms with Gasteiger partial charge >= 0.3 is 6.09 Å². The normalized spacial score (nSPS) is 13.2. The van der Waals surface area contributed by atoms with Gasteiger partial charge in [0.15, 0.2) is 0 Å². The van der Waals surface area contributed by atoms with E-state index in [4.69, 9.17) is 4.74 Å². The fraction of sp³-hybridized carbons (Fsp3) is 0.706. The number of hydrogen-bond donors (Lipinski definition) is 4. The highest BCUT2D eigenvalue weighted by Gasteiger charge is 2.29. The minimum Gasteiger partial charge on any atom is -0.444 e. The zero-order valence-electron chi connectivity index (χ0n) is 15.7. The van der Waals surface area contributed by atoms with E-state index < -0.39 is 23.2 Å². The number of nitrogens with zero attached hydrogens (tertiary/aromatic N) is 1. The van der Waals surface area contributed by atoms with Crippen LogP contribution >= 0.6 is 0 Å². The van der Waals surface area contributed by atoms with Crippen molar-refractivity contribution in [2.24, 2.45) is 5.41 Å². The van der Waals surface area contributed by atoms with E-state index >= 15 is 0 Å². The molecule has 0 radical (unpaired) electrons. The summed E-state index contributed by atoms with van der Waals surface area (Å²) in [5.74, 6) is -0.183.